The maximum atomic E-state index is 13.8. The lowest BCUT2D eigenvalue weighted by Crippen LogP contribution is -2.50. The van der Waals surface area contributed by atoms with Gasteiger partial charge in [0, 0.05) is 138 Å². The topological polar surface area (TPSA) is 336 Å². The number of aryl methyl sites for hydroxylation is 4. The number of nitrogens with one attached hydrogen (secondary N) is 7. The number of thiophene rings is 1. The van der Waals surface area contributed by atoms with Crippen molar-refractivity contribution in [2.45, 2.75) is 209 Å². The van der Waals surface area contributed by atoms with Crippen LogP contribution in [-0.4, -0.2) is 268 Å². The van der Waals surface area contributed by atoms with Gasteiger partial charge in [-0.3, -0.25) is 77.8 Å². The molecule has 8 N–H and O–H groups in total. The quantitative estimate of drug-likeness (QED) is 0.0222. The first-order chi connectivity index (χ1) is 68.7. The van der Waals surface area contributed by atoms with E-state index in [0.29, 0.717) is 75.1 Å². The minimum Gasteiger partial charge on any atom is -0.466 e. The molecular weight excluding hydrogens is 1880 g/mol. The second-order valence-corrected chi connectivity index (χ2v) is 39.9. The van der Waals surface area contributed by atoms with Crippen molar-refractivity contribution in [1.29, 1.82) is 0 Å². The summed E-state index contributed by atoms with van der Waals surface area (Å²) in [5.74, 6) is -2.32. The molecule has 766 valence electrons. The number of rotatable bonds is 27. The molecular formula is C107H134ClF5N18O11S. The maximum absolute atomic E-state index is 13.8. The number of aliphatic hydroxyl groups excluding tert-OH is 1. The van der Waals surface area contributed by atoms with Gasteiger partial charge < -0.3 is 55.7 Å². The molecule has 8 saturated heterocycles. The summed E-state index contributed by atoms with van der Waals surface area (Å²) in [5, 5.41) is 40.6. The number of furan rings is 1. The molecule has 0 radical (unpaired) electrons. The van der Waals surface area contributed by atoms with Gasteiger partial charge >= 0.3 is 0 Å². The predicted molar refractivity (Wildman–Crippen MR) is 536 cm³/mol. The molecule has 8 amide bonds. The van der Waals surface area contributed by atoms with E-state index in [9.17, 15) is 65.4 Å². The molecule has 8 aliphatic heterocycles. The number of aromatic amines is 1. The Labute approximate surface area is 842 Å². The van der Waals surface area contributed by atoms with Gasteiger partial charge in [-0.1, -0.05) is 114 Å². The van der Waals surface area contributed by atoms with E-state index in [4.69, 9.17) is 20.5 Å². The zero-order chi connectivity index (χ0) is 102. The third kappa shape index (κ3) is 30.1. The third-order valence-corrected chi connectivity index (χ3v) is 29.0. The molecule has 13 unspecified atom stereocenters. The number of β-amino-alcohol motifs (C(OH)–C–C–N with tert-alkyl or cyclic N) is 1. The smallest absolute Gasteiger partial charge is 0.243 e. The molecule has 5 aromatic carbocycles. The number of halogens is 6. The number of nitrogens with zero attached hydrogens (tertiary/aromatic N) is 11. The van der Waals surface area contributed by atoms with Crippen LogP contribution in [0.2, 0.25) is 5.02 Å². The molecule has 18 rings (SSSR count). The van der Waals surface area contributed by atoms with Gasteiger partial charge in [0.15, 0.2) is 23.3 Å². The lowest BCUT2D eigenvalue weighted by molar-refractivity contribution is -0.138. The van der Waals surface area contributed by atoms with E-state index in [0.717, 1.165) is 142 Å². The van der Waals surface area contributed by atoms with E-state index >= 15 is 0 Å². The average Bonchev–Trinajstić information content (AvgIpc) is 1.69. The van der Waals surface area contributed by atoms with Crippen molar-refractivity contribution in [3.8, 4) is 0 Å². The van der Waals surface area contributed by atoms with Crippen LogP contribution in [0.5, 0.6) is 0 Å². The first kappa shape index (κ1) is 108. The van der Waals surface area contributed by atoms with E-state index in [1.54, 1.807) is 57.8 Å². The molecule has 36 heteroatoms. The first-order valence-corrected chi connectivity index (χ1v) is 50.5. The number of hydrogen-bond donors (Lipinski definition) is 8. The summed E-state index contributed by atoms with van der Waals surface area (Å²) in [5.41, 5.74) is 10.3. The van der Waals surface area contributed by atoms with E-state index < -0.39 is 29.1 Å². The number of aliphatic hydroxyl groups is 1. The SMILES string of the molecule is CCC(C(=O)NC1CCN(C)C1c1ccc(C)cc1)N1CCCC1=O.CN1CCC(NC(=O)Cc2cccnc2)C1c1ccc(Cl)c(F)c1.CN1CCC(NC(=O)Cc2cccs2)C1c1ccc(F)c(F)c1.CN1CCC(NC(=O)Cc2ccon2)C1c1ccc(F)c(F)c1.Cc1ccc(C2C(NC(=O)Cc3cc(C)[nH]n3)CCN2C)cc1.Cc1ccc(C2CN(CCO)CC2NC(=O)CN2CCCCC2=O)o1. The molecule has 13 atom stereocenters. The van der Waals surface area contributed by atoms with Crippen LogP contribution in [0.1, 0.15) is 192 Å². The minimum atomic E-state index is -0.879. The zero-order valence-corrected chi connectivity index (χ0v) is 84.5. The number of carbonyl (C=O) groups excluding carboxylic acids is 8. The van der Waals surface area contributed by atoms with Gasteiger partial charge in [0.2, 0.25) is 47.3 Å². The second kappa shape index (κ2) is 52.0. The normalized spacial score (nSPS) is 22.7. The van der Waals surface area contributed by atoms with Crippen LogP contribution in [0.25, 0.3) is 0 Å². The van der Waals surface area contributed by atoms with Crippen LogP contribution in [0.4, 0.5) is 22.0 Å². The fraction of sp³-hybridized carbons (Fsp3) is 0.467. The maximum Gasteiger partial charge on any atom is 0.243 e. The highest BCUT2D eigenvalue weighted by Gasteiger charge is 2.43. The van der Waals surface area contributed by atoms with Crippen molar-refractivity contribution in [1.82, 2.24) is 91.4 Å². The van der Waals surface area contributed by atoms with Crippen LogP contribution in [0.15, 0.2) is 185 Å². The molecule has 8 fully saturated rings. The molecule has 29 nitrogen and oxygen atoms in total. The third-order valence-electron chi connectivity index (χ3n) is 27.8. The highest BCUT2D eigenvalue weighted by Crippen LogP contribution is 2.39. The van der Waals surface area contributed by atoms with Crippen LogP contribution in [0.3, 0.4) is 0 Å². The highest BCUT2D eigenvalue weighted by molar-refractivity contribution is 7.10. The molecule has 0 bridgehead atoms. The molecule has 0 saturated carbocycles. The number of likely N-dealkylation sites (N-methyl/N-ethyl adjacent to an activating group) is 5. The highest BCUT2D eigenvalue weighted by atomic mass is 35.5. The van der Waals surface area contributed by atoms with Gasteiger partial charge in [0.05, 0.1) is 97.4 Å². The minimum absolute atomic E-state index is 0.00448. The Morgan fingerprint density at radius 2 is 1.00 bits per heavy atom. The van der Waals surface area contributed by atoms with Crippen molar-refractivity contribution < 1.29 is 74.4 Å². The molecule has 0 spiro atoms. The summed E-state index contributed by atoms with van der Waals surface area (Å²) in [7, 11) is 10.0. The van der Waals surface area contributed by atoms with Gasteiger partial charge in [-0.15, -0.1) is 11.3 Å². The number of hydrogen-bond acceptors (Lipinski definition) is 21. The van der Waals surface area contributed by atoms with Gasteiger partial charge in [-0.25, -0.2) is 22.0 Å². The van der Waals surface area contributed by atoms with E-state index in [-0.39, 0.29) is 157 Å². The lowest BCUT2D eigenvalue weighted by atomic mass is 9.98. The summed E-state index contributed by atoms with van der Waals surface area (Å²) in [6.07, 6.45) is 14.6. The predicted octanol–water partition coefficient (Wildman–Crippen LogP) is 13.0. The van der Waals surface area contributed by atoms with Crippen molar-refractivity contribution >= 4 is 70.2 Å². The number of piperidine rings is 1. The van der Waals surface area contributed by atoms with Crippen LogP contribution in [0, 0.1) is 56.8 Å². The van der Waals surface area contributed by atoms with Gasteiger partial charge in [0.1, 0.15) is 29.6 Å². The fourth-order valence-electron chi connectivity index (χ4n) is 20.6. The summed E-state index contributed by atoms with van der Waals surface area (Å²) >= 11 is 7.32. The largest absolute Gasteiger partial charge is 0.466 e. The van der Waals surface area contributed by atoms with Crippen LogP contribution < -0.4 is 31.9 Å². The molecule has 5 aromatic heterocycles. The fourth-order valence-corrected chi connectivity index (χ4v) is 21.5. The lowest BCUT2D eigenvalue weighted by Gasteiger charge is -2.30. The monoisotopic (exact) mass is 2010 g/mol. The number of H-pyrrole nitrogens is 1. The Hall–Kier alpha value is -11.9. The van der Waals surface area contributed by atoms with Crippen molar-refractivity contribution in [3.05, 3.63) is 288 Å². The Kier molecular flexibility index (Phi) is 39.4. The number of benzene rings is 5. The van der Waals surface area contributed by atoms with E-state index in [1.165, 1.54) is 46.7 Å². The number of likely N-dealkylation sites (tertiary alicyclic amines) is 8. The van der Waals surface area contributed by atoms with E-state index in [2.05, 4.69) is 153 Å². The number of amides is 8. The van der Waals surface area contributed by atoms with Gasteiger partial charge in [-0.05, 0) is 226 Å². The average molecular weight is 2010 g/mol. The zero-order valence-electron chi connectivity index (χ0n) is 83.0. The van der Waals surface area contributed by atoms with Gasteiger partial charge in [-0.2, -0.15) is 5.10 Å². The van der Waals surface area contributed by atoms with Crippen molar-refractivity contribution in [3.63, 3.8) is 0 Å². The Balaban J connectivity index is 0.000000144. The molecule has 13 heterocycles. The molecule has 10 aromatic rings. The molecule has 8 aliphatic rings. The summed E-state index contributed by atoms with van der Waals surface area (Å²) in [6, 6.07) is 44.3. The standard InChI is InChI=1S/C20H29N3O2.C18H19ClFN3O.C18H24N4O.C18H27N3O4.C17H18F2N2OS.C16H17F2N3O2/c1-4-17(23-12-5-6-18(23)24)20(25)21-16-11-13-22(3)19(16)15-9-7-14(2)8-10-15;1-23-8-6-16(18(23)13-4-5-14(19)15(20)10-13)22-17(24)9-12-3-2-7-21-11-12;1-12-4-6-14(7-5-12)18-16(8-9-22(18)3)19-17(23)11-15-10-13(2)20-21-15;1-13-5-6-16(25-13)14-10-20(8-9-22)11-15(14)19-17(23)12-21-7-3-2-4-18(21)24;1-21-7-6-15(20-16(22)10-12-3-2-8-23-12)17(21)11-4-5-13(18)14(19)9-11;1-21-6-4-14(19-15(22)9-11-5-7-23-20-11)16(21)10-2-3-12(17)13(18)8-10/h7-10,16-17,19H,4-6,11-13H2,1-3H3,(H,21,25);2-5,7,10-11,16,18H,6,8-9H2,1H3,(H,22,24);4-7,10,16,18H,8-9,11H2,1-3H3,(H,19,23)(H,20,21);5-6,14-15,22H,2-4,7-12H2,1H3,(H,19,23);2-5,8-9,15,17H,6-7,10H2,1H3,(H,20,22);2-3,5,7-8,14,16H,4,6,9H2,1H3,(H,19,22). The van der Waals surface area contributed by atoms with E-state index in [1.807, 2.05) is 101 Å². The Morgan fingerprint density at radius 3 is 1.45 bits per heavy atom. The number of aromatic nitrogens is 4. The summed E-state index contributed by atoms with van der Waals surface area (Å²) < 4.78 is 77.6. The Bertz CT molecular complexity index is 5730. The summed E-state index contributed by atoms with van der Waals surface area (Å²) in [6.45, 7) is 17.9. The Morgan fingerprint density at radius 1 is 0.503 bits per heavy atom. The van der Waals surface area contributed by atoms with Gasteiger partial charge in [0.25, 0.3) is 0 Å². The number of pyridine rings is 1. The first-order valence-electron chi connectivity index (χ1n) is 49.3. The van der Waals surface area contributed by atoms with Crippen molar-refractivity contribution in [2.75, 3.05) is 114 Å². The molecule has 143 heavy (non-hydrogen) atoms. The number of carbonyl (C=O) groups is 8. The molecule has 0 aliphatic carbocycles. The summed E-state index contributed by atoms with van der Waals surface area (Å²) in [4.78, 5) is 120. The van der Waals surface area contributed by atoms with Crippen LogP contribution in [-0.2, 0) is 64.0 Å². The second-order valence-electron chi connectivity index (χ2n) is 38.5. The van der Waals surface area contributed by atoms with Crippen molar-refractivity contribution in [2.24, 2.45) is 0 Å². The van der Waals surface area contributed by atoms with Crippen LogP contribution >= 0.6 is 22.9 Å².